The van der Waals surface area contributed by atoms with E-state index in [9.17, 15) is 0 Å². The minimum Gasteiger partial charge on any atom is -0.300 e. The SMILES string of the molecule is CC(C)n1nc(-c2ccccc2)c2c1CN(C#N)C2. The summed E-state index contributed by atoms with van der Waals surface area (Å²) in [5.41, 5.74) is 4.51. The summed E-state index contributed by atoms with van der Waals surface area (Å²) in [5, 5.41) is 13.8. The number of nitriles is 1. The number of nitrogens with zero attached hydrogens (tertiary/aromatic N) is 4. The second kappa shape index (κ2) is 4.43. The van der Waals surface area contributed by atoms with Crippen LogP contribution < -0.4 is 0 Å². The molecule has 0 atom stereocenters. The fourth-order valence-electron chi connectivity index (χ4n) is 2.59. The van der Waals surface area contributed by atoms with Crippen LogP contribution in [0.15, 0.2) is 30.3 Å². The molecule has 0 radical (unpaired) electrons. The summed E-state index contributed by atoms with van der Waals surface area (Å²) in [7, 11) is 0. The molecular formula is C15H16N4. The average molecular weight is 252 g/mol. The fraction of sp³-hybridized carbons (Fsp3) is 0.333. The van der Waals surface area contributed by atoms with Crippen molar-refractivity contribution in [1.29, 1.82) is 5.26 Å². The summed E-state index contributed by atoms with van der Waals surface area (Å²) >= 11 is 0. The number of benzene rings is 1. The topological polar surface area (TPSA) is 44.9 Å². The van der Waals surface area contributed by atoms with Gasteiger partial charge in [0.25, 0.3) is 0 Å². The van der Waals surface area contributed by atoms with Crippen molar-refractivity contribution >= 4 is 0 Å². The van der Waals surface area contributed by atoms with E-state index in [1.807, 2.05) is 18.2 Å². The zero-order chi connectivity index (χ0) is 13.4. The highest BCUT2D eigenvalue weighted by molar-refractivity contribution is 5.64. The van der Waals surface area contributed by atoms with Gasteiger partial charge in [-0.05, 0) is 13.8 Å². The van der Waals surface area contributed by atoms with Gasteiger partial charge >= 0.3 is 0 Å². The Morgan fingerprint density at radius 1 is 1.21 bits per heavy atom. The van der Waals surface area contributed by atoms with Crippen molar-refractivity contribution in [3.8, 4) is 17.5 Å². The molecule has 0 saturated carbocycles. The Morgan fingerprint density at radius 2 is 1.95 bits per heavy atom. The molecule has 4 heteroatoms. The third-order valence-electron chi connectivity index (χ3n) is 3.49. The lowest BCUT2D eigenvalue weighted by atomic mass is 10.1. The molecular weight excluding hydrogens is 236 g/mol. The van der Waals surface area contributed by atoms with Crippen molar-refractivity contribution in [2.75, 3.05) is 0 Å². The van der Waals surface area contributed by atoms with Crippen molar-refractivity contribution in [1.82, 2.24) is 14.7 Å². The van der Waals surface area contributed by atoms with Crippen LogP contribution in [0, 0.1) is 11.5 Å². The Balaban J connectivity index is 2.13. The molecule has 1 aromatic heterocycles. The Bertz CT molecular complexity index is 634. The normalized spacial score (nSPS) is 13.7. The van der Waals surface area contributed by atoms with Gasteiger partial charge in [-0.15, -0.1) is 0 Å². The summed E-state index contributed by atoms with van der Waals surface area (Å²) in [6.45, 7) is 5.58. The maximum Gasteiger partial charge on any atom is 0.180 e. The molecule has 3 rings (SSSR count). The molecule has 0 unspecified atom stereocenters. The molecule has 0 spiro atoms. The Kier molecular flexibility index (Phi) is 2.75. The number of aromatic nitrogens is 2. The summed E-state index contributed by atoms with van der Waals surface area (Å²) in [4.78, 5) is 1.78. The fourth-order valence-corrected chi connectivity index (χ4v) is 2.59. The molecule has 1 aromatic carbocycles. The lowest BCUT2D eigenvalue weighted by molar-refractivity contribution is 0.393. The maximum atomic E-state index is 9.09. The third kappa shape index (κ3) is 1.88. The summed E-state index contributed by atoms with van der Waals surface area (Å²) in [6.07, 6.45) is 2.23. The van der Waals surface area contributed by atoms with Crippen LogP contribution in [0.1, 0.15) is 31.1 Å². The zero-order valence-electron chi connectivity index (χ0n) is 11.2. The average Bonchev–Trinajstić information content (AvgIpc) is 2.97. The molecule has 0 amide bonds. The Morgan fingerprint density at radius 3 is 2.58 bits per heavy atom. The molecule has 2 heterocycles. The first-order chi connectivity index (χ1) is 9.20. The van der Waals surface area contributed by atoms with E-state index in [1.165, 1.54) is 11.3 Å². The first-order valence-corrected chi connectivity index (χ1v) is 6.51. The lowest BCUT2D eigenvalue weighted by Crippen LogP contribution is -2.13. The van der Waals surface area contributed by atoms with Gasteiger partial charge in [-0.2, -0.15) is 10.4 Å². The van der Waals surface area contributed by atoms with Crippen LogP contribution in [0.2, 0.25) is 0 Å². The minimum absolute atomic E-state index is 0.310. The highest BCUT2D eigenvalue weighted by Crippen LogP contribution is 2.33. The molecule has 2 aromatic rings. The molecule has 0 saturated heterocycles. The van der Waals surface area contributed by atoms with Crippen molar-refractivity contribution in [3.05, 3.63) is 41.6 Å². The van der Waals surface area contributed by atoms with Gasteiger partial charge in [0, 0.05) is 17.2 Å². The van der Waals surface area contributed by atoms with Crippen LogP contribution in [0.4, 0.5) is 0 Å². The molecule has 0 aliphatic carbocycles. The maximum absolute atomic E-state index is 9.09. The van der Waals surface area contributed by atoms with Crippen molar-refractivity contribution < 1.29 is 0 Å². The van der Waals surface area contributed by atoms with E-state index in [0.29, 0.717) is 19.1 Å². The van der Waals surface area contributed by atoms with Gasteiger partial charge < -0.3 is 4.90 Å². The van der Waals surface area contributed by atoms with E-state index in [4.69, 9.17) is 10.4 Å². The van der Waals surface area contributed by atoms with Gasteiger partial charge in [-0.1, -0.05) is 30.3 Å². The van der Waals surface area contributed by atoms with Crippen LogP contribution >= 0.6 is 0 Å². The van der Waals surface area contributed by atoms with E-state index in [-0.39, 0.29) is 0 Å². The van der Waals surface area contributed by atoms with Gasteiger partial charge in [0.1, 0.15) is 0 Å². The van der Waals surface area contributed by atoms with Crippen LogP contribution in [-0.2, 0) is 13.1 Å². The van der Waals surface area contributed by atoms with Gasteiger partial charge in [-0.25, -0.2) is 0 Å². The van der Waals surface area contributed by atoms with Gasteiger partial charge in [0.15, 0.2) is 6.19 Å². The van der Waals surface area contributed by atoms with Gasteiger partial charge in [0.05, 0.1) is 24.5 Å². The number of hydrogen-bond acceptors (Lipinski definition) is 3. The van der Waals surface area contributed by atoms with E-state index in [0.717, 1.165) is 11.3 Å². The lowest BCUT2D eigenvalue weighted by Gasteiger charge is -2.11. The van der Waals surface area contributed by atoms with E-state index < -0.39 is 0 Å². The van der Waals surface area contributed by atoms with E-state index >= 15 is 0 Å². The van der Waals surface area contributed by atoms with Crippen LogP contribution in [-0.4, -0.2) is 14.7 Å². The number of hydrogen-bond donors (Lipinski definition) is 0. The van der Waals surface area contributed by atoms with Crippen molar-refractivity contribution in [3.63, 3.8) is 0 Å². The standard InChI is InChI=1S/C15H16N4/c1-11(2)19-14-9-18(10-16)8-13(14)15(17-19)12-6-4-3-5-7-12/h3-7,11H,8-9H2,1-2H3. The molecule has 19 heavy (non-hydrogen) atoms. The summed E-state index contributed by atoms with van der Waals surface area (Å²) < 4.78 is 2.05. The second-order valence-electron chi connectivity index (χ2n) is 5.13. The van der Waals surface area contributed by atoms with Crippen molar-refractivity contribution in [2.24, 2.45) is 0 Å². The number of rotatable bonds is 2. The van der Waals surface area contributed by atoms with E-state index in [2.05, 4.69) is 36.9 Å². The zero-order valence-corrected chi connectivity index (χ0v) is 11.2. The van der Waals surface area contributed by atoms with Crippen LogP contribution in [0.3, 0.4) is 0 Å². The van der Waals surface area contributed by atoms with Crippen molar-refractivity contribution in [2.45, 2.75) is 33.0 Å². The molecule has 0 fully saturated rings. The van der Waals surface area contributed by atoms with Crippen LogP contribution in [0.5, 0.6) is 0 Å². The first kappa shape index (κ1) is 11.8. The smallest absolute Gasteiger partial charge is 0.180 e. The Hall–Kier alpha value is -2.28. The molecule has 1 aliphatic heterocycles. The van der Waals surface area contributed by atoms with Gasteiger partial charge in [-0.3, -0.25) is 4.68 Å². The van der Waals surface area contributed by atoms with Gasteiger partial charge in [0.2, 0.25) is 0 Å². The first-order valence-electron chi connectivity index (χ1n) is 6.51. The van der Waals surface area contributed by atoms with Crippen LogP contribution in [0.25, 0.3) is 11.3 Å². The molecule has 0 N–H and O–H groups in total. The molecule has 1 aliphatic rings. The largest absolute Gasteiger partial charge is 0.300 e. The molecule has 0 bridgehead atoms. The number of fused-ring (bicyclic) bond motifs is 1. The Labute approximate surface area is 112 Å². The molecule has 96 valence electrons. The summed E-state index contributed by atoms with van der Waals surface area (Å²) in [6, 6.07) is 10.5. The monoisotopic (exact) mass is 252 g/mol. The quantitative estimate of drug-likeness (QED) is 0.772. The second-order valence-corrected chi connectivity index (χ2v) is 5.13. The summed E-state index contributed by atoms with van der Waals surface area (Å²) in [5.74, 6) is 0. The minimum atomic E-state index is 0.310. The van der Waals surface area contributed by atoms with E-state index in [1.54, 1.807) is 4.90 Å². The predicted octanol–water partition coefficient (Wildman–Crippen LogP) is 2.93. The predicted molar refractivity (Wildman–Crippen MR) is 72.9 cm³/mol. The molecule has 4 nitrogen and oxygen atoms in total. The highest BCUT2D eigenvalue weighted by Gasteiger charge is 2.28. The highest BCUT2D eigenvalue weighted by atomic mass is 15.3. The third-order valence-corrected chi connectivity index (χ3v) is 3.49.